The third-order valence-corrected chi connectivity index (χ3v) is 5.39. The first kappa shape index (κ1) is 17.9. The highest BCUT2D eigenvalue weighted by Gasteiger charge is 2.71. The molecular formula is C16H17F5N6. The molecule has 2 N–H and O–H groups in total. The molecule has 4 rings (SSSR count). The Morgan fingerprint density at radius 3 is 2.44 bits per heavy atom. The summed E-state index contributed by atoms with van der Waals surface area (Å²) in [6.07, 6.45) is -1.62. The summed E-state index contributed by atoms with van der Waals surface area (Å²) in [5, 5.41) is 9.51. The van der Waals surface area contributed by atoms with Crippen LogP contribution in [0.3, 0.4) is 0 Å². The van der Waals surface area contributed by atoms with Gasteiger partial charge in [0, 0.05) is 25.1 Å². The van der Waals surface area contributed by atoms with Crippen molar-refractivity contribution in [3.63, 3.8) is 0 Å². The van der Waals surface area contributed by atoms with Crippen LogP contribution in [0, 0.1) is 18.8 Å². The second kappa shape index (κ2) is 5.77. The number of fused-ring (bicyclic) bond motifs is 1. The summed E-state index contributed by atoms with van der Waals surface area (Å²) in [5.74, 6) is -4.05. The van der Waals surface area contributed by atoms with E-state index in [0.717, 1.165) is 0 Å². The molecule has 2 aromatic heterocycles. The van der Waals surface area contributed by atoms with Crippen molar-refractivity contribution >= 4 is 17.5 Å². The second-order valence-corrected chi connectivity index (χ2v) is 6.93. The van der Waals surface area contributed by atoms with Crippen molar-refractivity contribution in [2.45, 2.75) is 37.9 Å². The Labute approximate surface area is 151 Å². The minimum absolute atomic E-state index is 0.0178. The highest BCUT2D eigenvalue weighted by molar-refractivity contribution is 5.58. The van der Waals surface area contributed by atoms with Gasteiger partial charge in [0.1, 0.15) is 11.4 Å². The zero-order chi connectivity index (χ0) is 19.6. The Hall–Kier alpha value is -2.46. The predicted octanol–water partition coefficient (Wildman–Crippen LogP) is 4.00. The van der Waals surface area contributed by atoms with E-state index in [0.29, 0.717) is 30.4 Å². The normalized spacial score (nSPS) is 26.0. The van der Waals surface area contributed by atoms with Crippen molar-refractivity contribution in [1.29, 1.82) is 0 Å². The molecule has 2 heterocycles. The van der Waals surface area contributed by atoms with Gasteiger partial charge in [-0.3, -0.25) is 4.68 Å². The molecule has 27 heavy (non-hydrogen) atoms. The van der Waals surface area contributed by atoms with Crippen LogP contribution in [0.25, 0.3) is 0 Å². The van der Waals surface area contributed by atoms with E-state index < -0.39 is 29.5 Å². The Bertz CT molecular complexity index is 863. The zero-order valence-corrected chi connectivity index (χ0v) is 14.5. The van der Waals surface area contributed by atoms with Crippen LogP contribution < -0.4 is 10.6 Å². The van der Waals surface area contributed by atoms with Crippen molar-refractivity contribution in [3.05, 3.63) is 23.7 Å². The molecule has 2 unspecified atom stereocenters. The Balaban J connectivity index is 1.52. The quantitative estimate of drug-likeness (QED) is 0.775. The second-order valence-electron chi connectivity index (χ2n) is 6.93. The Morgan fingerprint density at radius 2 is 1.85 bits per heavy atom. The lowest BCUT2D eigenvalue weighted by Gasteiger charge is -2.17. The summed E-state index contributed by atoms with van der Waals surface area (Å²) in [5.41, 5.74) is 0.248. The average Bonchev–Trinajstić information content (AvgIpc) is 2.99. The van der Waals surface area contributed by atoms with Crippen LogP contribution in [0.2, 0.25) is 0 Å². The molecule has 2 fully saturated rings. The fourth-order valence-corrected chi connectivity index (χ4v) is 3.86. The van der Waals surface area contributed by atoms with Gasteiger partial charge in [-0.25, -0.2) is 13.8 Å². The summed E-state index contributed by atoms with van der Waals surface area (Å²) < 4.78 is 67.2. The Kier molecular flexibility index (Phi) is 3.83. The van der Waals surface area contributed by atoms with Crippen LogP contribution in [-0.2, 0) is 6.18 Å². The van der Waals surface area contributed by atoms with E-state index in [1.54, 1.807) is 11.6 Å². The van der Waals surface area contributed by atoms with Crippen LogP contribution in [0.4, 0.5) is 39.4 Å². The van der Waals surface area contributed by atoms with Crippen molar-refractivity contribution < 1.29 is 22.0 Å². The van der Waals surface area contributed by atoms with Crippen molar-refractivity contribution in [2.24, 2.45) is 11.8 Å². The smallest absolute Gasteiger partial charge is 0.372 e. The highest BCUT2D eigenvalue weighted by atomic mass is 19.4. The molecule has 3 atom stereocenters. The number of aromatic nitrogens is 4. The first-order valence-electron chi connectivity index (χ1n) is 8.43. The van der Waals surface area contributed by atoms with Gasteiger partial charge >= 0.3 is 6.18 Å². The largest absolute Gasteiger partial charge is 0.421 e. The van der Waals surface area contributed by atoms with Crippen LogP contribution >= 0.6 is 0 Å². The maximum Gasteiger partial charge on any atom is 0.421 e. The summed E-state index contributed by atoms with van der Waals surface area (Å²) in [7, 11) is 1.34. The molecule has 0 spiro atoms. The highest BCUT2D eigenvalue weighted by Crippen LogP contribution is 2.66. The molecule has 2 saturated carbocycles. The minimum Gasteiger partial charge on any atom is -0.372 e. The van der Waals surface area contributed by atoms with Gasteiger partial charge in [-0.15, -0.1) is 0 Å². The van der Waals surface area contributed by atoms with Gasteiger partial charge in [0.2, 0.25) is 5.95 Å². The molecule has 0 saturated heterocycles. The van der Waals surface area contributed by atoms with Gasteiger partial charge < -0.3 is 10.6 Å². The third-order valence-electron chi connectivity index (χ3n) is 5.39. The molecule has 2 aliphatic rings. The van der Waals surface area contributed by atoms with Gasteiger partial charge in [0.25, 0.3) is 5.92 Å². The average molecular weight is 388 g/mol. The number of nitrogens with one attached hydrogen (secondary N) is 2. The first-order chi connectivity index (χ1) is 12.6. The van der Waals surface area contributed by atoms with E-state index in [1.807, 2.05) is 0 Å². The fraction of sp³-hybridized carbons (Fsp3) is 0.562. The predicted molar refractivity (Wildman–Crippen MR) is 87.0 cm³/mol. The van der Waals surface area contributed by atoms with E-state index in [1.165, 1.54) is 13.2 Å². The van der Waals surface area contributed by atoms with Crippen molar-refractivity contribution in [2.75, 3.05) is 17.7 Å². The molecule has 0 amide bonds. The van der Waals surface area contributed by atoms with E-state index >= 15 is 0 Å². The van der Waals surface area contributed by atoms with Crippen molar-refractivity contribution in [1.82, 2.24) is 19.7 Å². The monoisotopic (exact) mass is 388 g/mol. The molecule has 2 aliphatic carbocycles. The standard InChI is InChI=1S/C16H17F5N6/c1-7-12(6-24-27(7)8-3-9-10(4-8)15(9,17)18)25-14-23-5-11(16(19,20)21)13(22-2)26-14/h5-6,8-10H,3-4H2,1-2H3,(H2,22,23,25,26)/t8?,9-,10?/m1/s1. The molecule has 11 heteroatoms. The van der Waals surface area contributed by atoms with E-state index in [9.17, 15) is 22.0 Å². The van der Waals surface area contributed by atoms with E-state index in [2.05, 4.69) is 25.7 Å². The molecule has 6 nitrogen and oxygen atoms in total. The summed E-state index contributed by atoms with van der Waals surface area (Å²) in [6.45, 7) is 1.76. The summed E-state index contributed by atoms with van der Waals surface area (Å²) >= 11 is 0. The van der Waals surface area contributed by atoms with E-state index in [4.69, 9.17) is 0 Å². The van der Waals surface area contributed by atoms with Gasteiger partial charge in [0.05, 0.1) is 23.6 Å². The lowest BCUT2D eigenvalue weighted by Crippen LogP contribution is -2.15. The molecule has 146 valence electrons. The van der Waals surface area contributed by atoms with Crippen LogP contribution in [-0.4, -0.2) is 32.7 Å². The lowest BCUT2D eigenvalue weighted by atomic mass is 10.1. The SMILES string of the molecule is CNc1nc(Nc2cnn(C3CC4[C@@H](C3)C4(F)F)c2C)ncc1C(F)(F)F. The number of hydrogen-bond donors (Lipinski definition) is 2. The fourth-order valence-electron chi connectivity index (χ4n) is 3.86. The van der Waals surface area contributed by atoms with Gasteiger partial charge in [-0.05, 0) is 19.8 Å². The Morgan fingerprint density at radius 1 is 1.19 bits per heavy atom. The zero-order valence-electron chi connectivity index (χ0n) is 14.5. The third kappa shape index (κ3) is 2.88. The molecular weight excluding hydrogens is 371 g/mol. The number of hydrogen-bond acceptors (Lipinski definition) is 5. The van der Waals surface area contributed by atoms with Crippen LogP contribution in [0.15, 0.2) is 12.4 Å². The summed E-state index contributed by atoms with van der Waals surface area (Å²) in [6, 6.07) is -0.100. The molecule has 0 bridgehead atoms. The van der Waals surface area contributed by atoms with Crippen LogP contribution in [0.5, 0.6) is 0 Å². The van der Waals surface area contributed by atoms with E-state index in [-0.39, 0.29) is 17.8 Å². The number of halogens is 5. The molecule has 2 aromatic rings. The number of anilines is 3. The lowest BCUT2D eigenvalue weighted by molar-refractivity contribution is -0.137. The van der Waals surface area contributed by atoms with Crippen LogP contribution in [0.1, 0.15) is 30.1 Å². The van der Waals surface area contributed by atoms with Crippen molar-refractivity contribution in [3.8, 4) is 0 Å². The molecule has 0 radical (unpaired) electrons. The number of nitrogens with zero attached hydrogens (tertiary/aromatic N) is 4. The maximum atomic E-state index is 13.4. The van der Waals surface area contributed by atoms with Gasteiger partial charge in [-0.2, -0.15) is 23.3 Å². The topological polar surface area (TPSA) is 67.7 Å². The molecule has 0 aromatic carbocycles. The first-order valence-corrected chi connectivity index (χ1v) is 8.43. The number of alkyl halides is 5. The summed E-state index contributed by atoms with van der Waals surface area (Å²) in [4.78, 5) is 7.57. The van der Waals surface area contributed by atoms with Gasteiger partial charge in [0.15, 0.2) is 0 Å². The minimum atomic E-state index is -4.57. The molecule has 0 aliphatic heterocycles. The maximum absolute atomic E-state index is 13.4. The number of rotatable bonds is 4. The van der Waals surface area contributed by atoms with Gasteiger partial charge in [-0.1, -0.05) is 0 Å².